The van der Waals surface area contributed by atoms with E-state index >= 15 is 0 Å². The maximum absolute atomic E-state index is 5.91. The van der Waals surface area contributed by atoms with Gasteiger partial charge in [0, 0.05) is 0 Å². The number of hydrogen-bond acceptors (Lipinski definition) is 3. The van der Waals surface area contributed by atoms with E-state index in [0.717, 1.165) is 19.4 Å². The van der Waals surface area contributed by atoms with Crippen LogP contribution in [-0.2, 0) is 9.31 Å². The first kappa shape index (κ1) is 13.0. The Morgan fingerprint density at radius 2 is 1.53 bits per heavy atom. The average molecular weight is 213 g/mol. The molecule has 88 valence electrons. The molecule has 1 aliphatic rings. The van der Waals surface area contributed by atoms with Crippen molar-refractivity contribution in [2.45, 2.75) is 52.1 Å². The summed E-state index contributed by atoms with van der Waals surface area (Å²) in [5.74, 6) is 0. The minimum Gasteiger partial charge on any atom is -0.403 e. The van der Waals surface area contributed by atoms with Crippen LogP contribution in [0.3, 0.4) is 0 Å². The van der Waals surface area contributed by atoms with Gasteiger partial charge in [0.15, 0.2) is 0 Å². The summed E-state index contributed by atoms with van der Waals surface area (Å²) in [5, 5.41) is 0. The van der Waals surface area contributed by atoms with Crippen molar-refractivity contribution >= 4 is 7.12 Å². The largest absolute Gasteiger partial charge is 0.459 e. The topological polar surface area (TPSA) is 21.7 Å². The van der Waals surface area contributed by atoms with E-state index < -0.39 is 0 Å². The third-order valence-electron chi connectivity index (χ3n) is 3.59. The Balaban J connectivity index is 2.42. The van der Waals surface area contributed by atoms with Crippen molar-refractivity contribution in [1.82, 2.24) is 4.90 Å². The van der Waals surface area contributed by atoms with Crippen LogP contribution in [0.2, 0.25) is 6.32 Å². The van der Waals surface area contributed by atoms with Gasteiger partial charge in [0.1, 0.15) is 0 Å². The molecule has 4 heteroatoms. The molecule has 0 N–H and O–H groups in total. The van der Waals surface area contributed by atoms with Crippen LogP contribution >= 0.6 is 0 Å². The van der Waals surface area contributed by atoms with E-state index in [2.05, 4.69) is 46.6 Å². The first-order valence-electron chi connectivity index (χ1n) is 5.82. The number of nitrogens with zero attached hydrogens (tertiary/aromatic N) is 1. The monoisotopic (exact) mass is 213 g/mol. The maximum atomic E-state index is 5.91. The Labute approximate surface area is 94.3 Å². The van der Waals surface area contributed by atoms with E-state index in [1.165, 1.54) is 0 Å². The van der Waals surface area contributed by atoms with Crippen molar-refractivity contribution in [1.29, 1.82) is 0 Å². The molecule has 0 aromatic carbocycles. The Morgan fingerprint density at radius 1 is 1.07 bits per heavy atom. The van der Waals surface area contributed by atoms with Gasteiger partial charge >= 0.3 is 7.12 Å². The summed E-state index contributed by atoms with van der Waals surface area (Å²) in [7, 11) is 2.06. The van der Waals surface area contributed by atoms with Gasteiger partial charge in [-0.15, -0.1) is 0 Å². The predicted molar refractivity (Wildman–Crippen MR) is 64.1 cm³/mol. The summed E-state index contributed by atoms with van der Waals surface area (Å²) in [6.45, 7) is 12.6. The highest BCUT2D eigenvalue weighted by Gasteiger charge is 2.50. The molecule has 1 fully saturated rings. The molecule has 1 heterocycles. The molecule has 15 heavy (non-hydrogen) atoms. The second-order valence-corrected chi connectivity index (χ2v) is 5.37. The van der Waals surface area contributed by atoms with Crippen molar-refractivity contribution in [2.75, 3.05) is 20.1 Å². The number of rotatable bonds is 4. The van der Waals surface area contributed by atoms with Gasteiger partial charge < -0.3 is 14.2 Å². The minimum atomic E-state index is -0.192. The standard InChI is InChI=1S/C11H24BNO2/c1-7-13(6)9-8-12-14-10(2,3)11(4,5)15-12/h7-9H2,1-6H3. The SMILES string of the molecule is CCN(C)CCB1OC(C)(C)C(C)(C)O1. The van der Waals surface area contributed by atoms with E-state index in [0.29, 0.717) is 0 Å². The van der Waals surface area contributed by atoms with Crippen molar-refractivity contribution in [3.63, 3.8) is 0 Å². The summed E-state index contributed by atoms with van der Waals surface area (Å²) < 4.78 is 11.8. The summed E-state index contributed by atoms with van der Waals surface area (Å²) >= 11 is 0. The molecule has 0 radical (unpaired) electrons. The average Bonchev–Trinajstić information content (AvgIpc) is 2.31. The smallest absolute Gasteiger partial charge is 0.403 e. The zero-order valence-electron chi connectivity index (χ0n) is 11.0. The molecular formula is C11H24BNO2. The highest BCUT2D eigenvalue weighted by Crippen LogP contribution is 2.37. The Morgan fingerprint density at radius 3 is 1.93 bits per heavy atom. The lowest BCUT2D eigenvalue weighted by atomic mass is 9.85. The molecule has 0 bridgehead atoms. The summed E-state index contributed by atoms with van der Waals surface area (Å²) in [5.41, 5.74) is -0.384. The first-order valence-corrected chi connectivity index (χ1v) is 5.82. The minimum absolute atomic E-state index is 0.0519. The second-order valence-electron chi connectivity index (χ2n) is 5.37. The zero-order chi connectivity index (χ0) is 11.7. The first-order chi connectivity index (χ1) is 6.78. The molecule has 1 rings (SSSR count). The van der Waals surface area contributed by atoms with E-state index in [4.69, 9.17) is 9.31 Å². The van der Waals surface area contributed by atoms with Crippen molar-refractivity contribution in [3.8, 4) is 0 Å². The van der Waals surface area contributed by atoms with Crippen LogP contribution in [0.25, 0.3) is 0 Å². The van der Waals surface area contributed by atoms with Gasteiger partial charge in [-0.3, -0.25) is 0 Å². The lowest BCUT2D eigenvalue weighted by molar-refractivity contribution is 0.00578. The fourth-order valence-corrected chi connectivity index (χ4v) is 1.57. The molecule has 0 aromatic heterocycles. The highest BCUT2D eigenvalue weighted by atomic mass is 16.7. The van der Waals surface area contributed by atoms with Crippen LogP contribution in [0.5, 0.6) is 0 Å². The third-order valence-corrected chi connectivity index (χ3v) is 3.59. The van der Waals surface area contributed by atoms with Gasteiger partial charge in [0.05, 0.1) is 11.2 Å². The van der Waals surface area contributed by atoms with E-state index in [1.54, 1.807) is 0 Å². The molecule has 3 nitrogen and oxygen atoms in total. The van der Waals surface area contributed by atoms with Crippen LogP contribution < -0.4 is 0 Å². The molecule has 0 aliphatic carbocycles. The normalized spacial score (nSPS) is 23.8. The lowest BCUT2D eigenvalue weighted by Gasteiger charge is -2.32. The fraction of sp³-hybridized carbons (Fsp3) is 1.00. The van der Waals surface area contributed by atoms with Gasteiger partial charge in [-0.2, -0.15) is 0 Å². The Hall–Kier alpha value is -0.0551. The summed E-state index contributed by atoms with van der Waals surface area (Å²) in [6.07, 6.45) is 0.942. The third kappa shape index (κ3) is 2.96. The second kappa shape index (κ2) is 4.44. The zero-order valence-corrected chi connectivity index (χ0v) is 11.0. The van der Waals surface area contributed by atoms with Crippen LogP contribution in [-0.4, -0.2) is 43.4 Å². The molecule has 0 atom stereocenters. The number of hydrogen-bond donors (Lipinski definition) is 0. The van der Waals surface area contributed by atoms with Crippen molar-refractivity contribution in [2.24, 2.45) is 0 Å². The molecular weight excluding hydrogens is 189 g/mol. The summed E-state index contributed by atoms with van der Waals surface area (Å²) in [6, 6.07) is 0. The van der Waals surface area contributed by atoms with Crippen molar-refractivity contribution in [3.05, 3.63) is 0 Å². The Kier molecular flexibility index (Phi) is 3.85. The molecule has 0 aromatic rings. The molecule has 0 saturated carbocycles. The maximum Gasteiger partial charge on any atom is 0.459 e. The molecule has 1 aliphatic heterocycles. The predicted octanol–water partition coefficient (Wildman–Crippen LogP) is 2.03. The quantitative estimate of drug-likeness (QED) is 0.667. The molecule has 0 unspecified atom stereocenters. The van der Waals surface area contributed by atoms with Crippen LogP contribution in [0.15, 0.2) is 0 Å². The van der Waals surface area contributed by atoms with Crippen molar-refractivity contribution < 1.29 is 9.31 Å². The van der Waals surface area contributed by atoms with Crippen LogP contribution in [0.4, 0.5) is 0 Å². The highest BCUT2D eigenvalue weighted by molar-refractivity contribution is 6.45. The fourth-order valence-electron chi connectivity index (χ4n) is 1.57. The molecule has 0 spiro atoms. The molecule has 0 amide bonds. The van der Waals surface area contributed by atoms with Gasteiger partial charge in [0.2, 0.25) is 0 Å². The van der Waals surface area contributed by atoms with Gasteiger partial charge in [-0.1, -0.05) is 6.92 Å². The Bertz CT molecular complexity index is 203. The van der Waals surface area contributed by atoms with Gasteiger partial charge in [0.25, 0.3) is 0 Å². The van der Waals surface area contributed by atoms with Gasteiger partial charge in [-0.25, -0.2) is 0 Å². The summed E-state index contributed by atoms with van der Waals surface area (Å²) in [4.78, 5) is 2.27. The van der Waals surface area contributed by atoms with Crippen LogP contribution in [0, 0.1) is 0 Å². The lowest BCUT2D eigenvalue weighted by Crippen LogP contribution is -2.41. The van der Waals surface area contributed by atoms with E-state index in [-0.39, 0.29) is 18.3 Å². The van der Waals surface area contributed by atoms with Crippen LogP contribution in [0.1, 0.15) is 34.6 Å². The van der Waals surface area contributed by atoms with Gasteiger partial charge in [-0.05, 0) is 54.2 Å². The van der Waals surface area contributed by atoms with E-state index in [9.17, 15) is 0 Å². The van der Waals surface area contributed by atoms with E-state index in [1.807, 2.05) is 0 Å². The molecule has 1 saturated heterocycles.